The summed E-state index contributed by atoms with van der Waals surface area (Å²) in [4.78, 5) is 22.9. The molecule has 3 N–H and O–H groups in total. The number of nitrogens with one attached hydrogen (secondary N) is 1. The molecule has 0 aromatic carbocycles. The van der Waals surface area contributed by atoms with Crippen LogP contribution in [-0.4, -0.2) is 48.0 Å². The molecule has 0 bridgehead atoms. The first-order valence-electron chi connectivity index (χ1n) is 12.9. The molecule has 1 amide bonds. The van der Waals surface area contributed by atoms with Crippen molar-refractivity contribution in [1.29, 1.82) is 0 Å². The number of amides is 1. The molecule has 2 aliphatic rings. The standard InChI is InChI=1S/C27H45NO5/c1-4-5-8-19(2)15-22(29)11-12-23-24-17-20(16-21(24)18-25(23)30)9-6-7-10-26(31)28-14-13-27(32)33-3/h11-12,16,19,21-25,29-30H,4-10,13-15,17-18H2,1-3H3,(H,28,31)/t19-,21+,22-,23-,24+,25-/m1/s1. The van der Waals surface area contributed by atoms with Gasteiger partial charge in [0.2, 0.25) is 5.91 Å². The van der Waals surface area contributed by atoms with Crippen LogP contribution in [-0.2, 0) is 14.3 Å². The van der Waals surface area contributed by atoms with Crippen molar-refractivity contribution in [3.63, 3.8) is 0 Å². The van der Waals surface area contributed by atoms with Gasteiger partial charge in [0.15, 0.2) is 0 Å². The van der Waals surface area contributed by atoms with Crippen LogP contribution in [0.4, 0.5) is 0 Å². The number of aliphatic hydroxyl groups excluding tert-OH is 2. The Morgan fingerprint density at radius 2 is 2.06 bits per heavy atom. The van der Waals surface area contributed by atoms with Gasteiger partial charge in [-0.3, -0.25) is 9.59 Å². The van der Waals surface area contributed by atoms with E-state index in [9.17, 15) is 19.8 Å². The third kappa shape index (κ3) is 9.62. The highest BCUT2D eigenvalue weighted by Gasteiger charge is 2.43. The molecule has 0 aromatic heterocycles. The first-order chi connectivity index (χ1) is 15.8. The maximum absolute atomic E-state index is 11.9. The van der Waals surface area contributed by atoms with E-state index in [2.05, 4.69) is 36.1 Å². The van der Waals surface area contributed by atoms with Gasteiger partial charge in [0.05, 0.1) is 25.7 Å². The second-order valence-electron chi connectivity index (χ2n) is 10.1. The molecule has 1 saturated carbocycles. The predicted octanol–water partition coefficient (Wildman–Crippen LogP) is 4.30. The lowest BCUT2D eigenvalue weighted by molar-refractivity contribution is -0.140. The lowest BCUT2D eigenvalue weighted by Gasteiger charge is -2.19. The van der Waals surface area contributed by atoms with Crippen LogP contribution in [0.5, 0.6) is 0 Å². The SMILES string of the molecule is CCCC[C@@H](C)C[C@H](O)C=C[C@@H]1[C@H]2CC(CCCCC(=O)NCCC(=O)OC)=C[C@H]2C[C@H]1O. The average molecular weight is 464 g/mol. The third-order valence-electron chi connectivity index (χ3n) is 7.23. The van der Waals surface area contributed by atoms with E-state index in [-0.39, 0.29) is 30.3 Å². The summed E-state index contributed by atoms with van der Waals surface area (Å²) in [6.07, 6.45) is 15.2. The van der Waals surface area contributed by atoms with Crippen LogP contribution in [0.3, 0.4) is 0 Å². The number of carbonyl (C=O) groups is 2. The topological polar surface area (TPSA) is 95.9 Å². The minimum absolute atomic E-state index is 0.0212. The van der Waals surface area contributed by atoms with Crippen LogP contribution < -0.4 is 5.32 Å². The van der Waals surface area contributed by atoms with E-state index in [4.69, 9.17) is 0 Å². The van der Waals surface area contributed by atoms with Gasteiger partial charge in [-0.2, -0.15) is 0 Å². The zero-order valence-corrected chi connectivity index (χ0v) is 20.8. The Morgan fingerprint density at radius 1 is 1.27 bits per heavy atom. The third-order valence-corrected chi connectivity index (χ3v) is 7.23. The molecule has 33 heavy (non-hydrogen) atoms. The molecular weight excluding hydrogens is 418 g/mol. The van der Waals surface area contributed by atoms with Gasteiger partial charge < -0.3 is 20.3 Å². The summed E-state index contributed by atoms with van der Waals surface area (Å²) < 4.78 is 4.56. The van der Waals surface area contributed by atoms with Crippen molar-refractivity contribution >= 4 is 11.9 Å². The average Bonchev–Trinajstić information content (AvgIpc) is 3.29. The van der Waals surface area contributed by atoms with Gasteiger partial charge in [0.25, 0.3) is 0 Å². The number of ether oxygens (including phenoxy) is 1. The van der Waals surface area contributed by atoms with Crippen molar-refractivity contribution in [1.82, 2.24) is 5.32 Å². The predicted molar refractivity (Wildman–Crippen MR) is 130 cm³/mol. The van der Waals surface area contributed by atoms with Gasteiger partial charge in [0.1, 0.15) is 0 Å². The highest BCUT2D eigenvalue weighted by molar-refractivity contribution is 5.76. The summed E-state index contributed by atoms with van der Waals surface area (Å²) in [6.45, 7) is 4.72. The molecule has 0 heterocycles. The van der Waals surface area contributed by atoms with Crippen molar-refractivity contribution in [2.24, 2.45) is 23.7 Å². The second-order valence-corrected chi connectivity index (χ2v) is 10.1. The second kappa shape index (κ2) is 14.6. The number of hydrogen-bond acceptors (Lipinski definition) is 5. The number of allylic oxidation sites excluding steroid dienone is 2. The van der Waals surface area contributed by atoms with Crippen LogP contribution in [0.25, 0.3) is 0 Å². The molecule has 6 atom stereocenters. The van der Waals surface area contributed by atoms with Crippen LogP contribution in [0.15, 0.2) is 23.8 Å². The number of fused-ring (bicyclic) bond motifs is 1. The number of aliphatic hydroxyl groups is 2. The Labute approximate surface area is 199 Å². The molecule has 0 aliphatic heterocycles. The fourth-order valence-corrected chi connectivity index (χ4v) is 5.34. The van der Waals surface area contributed by atoms with Crippen molar-refractivity contribution in [2.75, 3.05) is 13.7 Å². The van der Waals surface area contributed by atoms with Crippen LogP contribution in [0.1, 0.15) is 84.5 Å². The number of hydrogen-bond donors (Lipinski definition) is 3. The molecule has 0 spiro atoms. The van der Waals surface area contributed by atoms with Crippen LogP contribution in [0.2, 0.25) is 0 Å². The van der Waals surface area contributed by atoms with Gasteiger partial charge in [-0.05, 0) is 56.3 Å². The van der Waals surface area contributed by atoms with E-state index < -0.39 is 6.10 Å². The van der Waals surface area contributed by atoms with Crippen LogP contribution in [0, 0.1) is 23.7 Å². The monoisotopic (exact) mass is 463 g/mol. The highest BCUT2D eigenvalue weighted by atomic mass is 16.5. The normalized spacial score (nSPS) is 26.2. The zero-order chi connectivity index (χ0) is 24.2. The molecule has 0 aromatic rings. The van der Waals surface area contributed by atoms with Crippen molar-refractivity contribution < 1.29 is 24.5 Å². The van der Waals surface area contributed by atoms with E-state index in [0.29, 0.717) is 30.7 Å². The van der Waals surface area contributed by atoms with E-state index >= 15 is 0 Å². The van der Waals surface area contributed by atoms with Gasteiger partial charge in [-0.15, -0.1) is 0 Å². The van der Waals surface area contributed by atoms with Gasteiger partial charge in [-0.25, -0.2) is 0 Å². The summed E-state index contributed by atoms with van der Waals surface area (Å²) >= 11 is 0. The van der Waals surface area contributed by atoms with E-state index in [0.717, 1.165) is 44.9 Å². The fourth-order valence-electron chi connectivity index (χ4n) is 5.34. The minimum atomic E-state index is -0.435. The quantitative estimate of drug-likeness (QED) is 0.191. The molecule has 2 rings (SSSR count). The molecule has 0 unspecified atom stereocenters. The lowest BCUT2D eigenvalue weighted by Crippen LogP contribution is -2.25. The zero-order valence-electron chi connectivity index (χ0n) is 20.8. The molecule has 0 saturated heterocycles. The summed E-state index contributed by atoms with van der Waals surface area (Å²) in [7, 11) is 1.34. The van der Waals surface area contributed by atoms with E-state index in [1.807, 2.05) is 6.08 Å². The number of rotatable bonds is 15. The number of unbranched alkanes of at least 4 members (excludes halogenated alkanes) is 2. The minimum Gasteiger partial charge on any atom is -0.469 e. The van der Waals surface area contributed by atoms with E-state index in [1.165, 1.54) is 25.5 Å². The summed E-state index contributed by atoms with van der Waals surface area (Å²) in [5.74, 6) is 1.14. The maximum Gasteiger partial charge on any atom is 0.307 e. The molecule has 188 valence electrons. The van der Waals surface area contributed by atoms with Crippen molar-refractivity contribution in [3.05, 3.63) is 23.8 Å². The first kappa shape index (κ1) is 27.6. The molecule has 6 nitrogen and oxygen atoms in total. The lowest BCUT2D eigenvalue weighted by atomic mass is 9.88. The molecule has 0 radical (unpaired) electrons. The summed E-state index contributed by atoms with van der Waals surface area (Å²) in [5.41, 5.74) is 1.44. The number of carbonyl (C=O) groups excluding carboxylic acids is 2. The van der Waals surface area contributed by atoms with Gasteiger partial charge in [0, 0.05) is 18.9 Å². The number of esters is 1. The molecular formula is C27H45NO5. The highest BCUT2D eigenvalue weighted by Crippen LogP contribution is 2.48. The maximum atomic E-state index is 11.9. The Kier molecular flexibility index (Phi) is 12.2. The molecule has 1 fully saturated rings. The Morgan fingerprint density at radius 3 is 2.79 bits per heavy atom. The summed E-state index contributed by atoms with van der Waals surface area (Å²) in [5, 5.41) is 23.7. The number of methoxy groups -OCH3 is 1. The fraction of sp³-hybridized carbons (Fsp3) is 0.778. The molecule has 2 aliphatic carbocycles. The first-order valence-corrected chi connectivity index (χ1v) is 12.9. The largest absolute Gasteiger partial charge is 0.469 e. The smallest absolute Gasteiger partial charge is 0.307 e. The Hall–Kier alpha value is -1.66. The summed E-state index contributed by atoms with van der Waals surface area (Å²) in [6, 6.07) is 0. The molecule has 6 heteroatoms. The van der Waals surface area contributed by atoms with Gasteiger partial charge in [-0.1, -0.05) is 56.9 Å². The van der Waals surface area contributed by atoms with Crippen molar-refractivity contribution in [3.8, 4) is 0 Å². The van der Waals surface area contributed by atoms with Crippen LogP contribution >= 0.6 is 0 Å². The van der Waals surface area contributed by atoms with E-state index in [1.54, 1.807) is 0 Å². The van der Waals surface area contributed by atoms with Gasteiger partial charge >= 0.3 is 5.97 Å². The Balaban J connectivity index is 1.68. The van der Waals surface area contributed by atoms with Crippen molar-refractivity contribution in [2.45, 2.75) is 96.7 Å². The Bertz CT molecular complexity index is 673.